The Labute approximate surface area is 450 Å². The van der Waals surface area contributed by atoms with E-state index in [1.54, 1.807) is 0 Å². The molecule has 0 N–H and O–H groups in total. The van der Waals surface area contributed by atoms with Gasteiger partial charge in [0.2, 0.25) is 0 Å². The van der Waals surface area contributed by atoms with Crippen molar-refractivity contribution in [3.63, 3.8) is 0 Å². The van der Waals surface area contributed by atoms with E-state index < -0.39 is 104 Å². The monoisotopic (exact) mass is 1150 g/mol. The molecule has 0 unspecified atom stereocenters. The Balaban J connectivity index is 1.02. The van der Waals surface area contributed by atoms with E-state index in [0.717, 1.165) is 50.2 Å². The maximum atomic E-state index is 15.4. The molecule has 0 bridgehead atoms. The van der Waals surface area contributed by atoms with E-state index in [9.17, 15) is 52.7 Å². The van der Waals surface area contributed by atoms with Crippen molar-refractivity contribution >= 4 is 43.6 Å². The summed E-state index contributed by atoms with van der Waals surface area (Å²) in [7, 11) is 0. The first-order chi connectivity index (χ1) is 38.3. The fraction of sp³-hybridized carbons (Fsp3) is 0.133. The first kappa shape index (κ1) is 55.1. The van der Waals surface area contributed by atoms with Gasteiger partial charge in [-0.05, 0) is 155 Å². The highest BCUT2D eigenvalue weighted by atomic mass is 19.4. The van der Waals surface area contributed by atoms with Crippen molar-refractivity contribution < 1.29 is 79.0 Å². The number of hydrogen-bond acceptors (Lipinski definition) is 2. The van der Waals surface area contributed by atoms with E-state index in [4.69, 9.17) is 0 Å². The van der Waals surface area contributed by atoms with Crippen LogP contribution in [0.2, 0.25) is 0 Å². The van der Waals surface area contributed by atoms with Crippen LogP contribution >= 0.6 is 0 Å². The zero-order chi connectivity index (χ0) is 59.0. The van der Waals surface area contributed by atoms with Crippen molar-refractivity contribution in [2.24, 2.45) is 0 Å². The maximum absolute atomic E-state index is 15.4. The van der Waals surface area contributed by atoms with Crippen LogP contribution in [-0.2, 0) is 37.1 Å². The number of benzene rings is 7. The van der Waals surface area contributed by atoms with Crippen LogP contribution in [0.1, 0.15) is 44.5 Å². The minimum atomic E-state index is -5.30. The number of halogens is 18. The third kappa shape index (κ3) is 9.59. The average molecular weight is 1150 g/mol. The van der Waals surface area contributed by atoms with Crippen LogP contribution in [0.4, 0.5) is 79.0 Å². The Bertz CT molecular complexity index is 4010. The van der Waals surface area contributed by atoms with Crippen molar-refractivity contribution in [3.8, 4) is 55.9 Å². The molecule has 4 aromatic heterocycles. The zero-order valence-corrected chi connectivity index (χ0v) is 41.6. The predicted octanol–water partition coefficient (Wildman–Crippen LogP) is 20.1. The molecule has 11 aromatic rings. The van der Waals surface area contributed by atoms with Crippen LogP contribution in [-0.4, -0.2) is 19.1 Å². The number of fused-ring (bicyclic) bond motifs is 6. The largest absolute Gasteiger partial charge is 0.417 e. The van der Waals surface area contributed by atoms with Gasteiger partial charge in [-0.25, -0.2) is 0 Å². The molecule has 82 heavy (non-hydrogen) atoms. The van der Waals surface area contributed by atoms with E-state index in [2.05, 4.69) is 9.97 Å². The molecular formula is C60H32F18N4. The highest BCUT2D eigenvalue weighted by Gasteiger charge is 2.44. The molecule has 11 rings (SSSR count). The Morgan fingerprint density at radius 3 is 0.866 bits per heavy atom. The average Bonchev–Trinajstić information content (AvgIpc) is 2.09. The van der Waals surface area contributed by atoms with Gasteiger partial charge in [-0.2, -0.15) is 79.0 Å². The van der Waals surface area contributed by atoms with Crippen molar-refractivity contribution in [2.45, 2.75) is 50.9 Å². The smallest absolute Gasteiger partial charge is 0.309 e. The Morgan fingerprint density at radius 1 is 0.293 bits per heavy atom. The number of hydrogen-bond donors (Lipinski definition) is 0. The summed E-state index contributed by atoms with van der Waals surface area (Å²) in [5, 5.41) is 0.838. The van der Waals surface area contributed by atoms with E-state index >= 15 is 26.3 Å². The van der Waals surface area contributed by atoms with Crippen LogP contribution in [0, 0.1) is 13.8 Å². The standard InChI is InChI=1S/C60H32F18N4/c1-29-19-45(57(67,68)69)53(46(20-29)58(70,71)72)31-3-9-35(10-4-31)81-49-13-7-33(23-39(49)41-27-79-17-15-51(41)81)37-25-44(56(64,65)66)38(26-43(37)55(61,62)63)34-8-14-50-40(24-34)42-28-80-18-16-52(42)82(50)36-11-5-32(6-12-36)54-47(59(73,74)75)21-30(2)22-48(54)60(76,77)78/h3-28H,1-2H3. The molecule has 0 radical (unpaired) electrons. The molecular weight excluding hydrogens is 1120 g/mol. The molecule has 0 spiro atoms. The van der Waals surface area contributed by atoms with E-state index in [0.29, 0.717) is 47.4 Å². The van der Waals surface area contributed by atoms with Gasteiger partial charge in [0.25, 0.3) is 0 Å². The van der Waals surface area contributed by atoms with Crippen LogP contribution in [0.25, 0.3) is 99.5 Å². The van der Waals surface area contributed by atoms with Gasteiger partial charge >= 0.3 is 37.1 Å². The second-order valence-corrected chi connectivity index (χ2v) is 19.4. The second-order valence-electron chi connectivity index (χ2n) is 19.4. The summed E-state index contributed by atoms with van der Waals surface area (Å²) < 4.78 is 267. The van der Waals surface area contributed by atoms with E-state index in [1.165, 1.54) is 94.6 Å². The van der Waals surface area contributed by atoms with Crippen LogP contribution in [0.3, 0.4) is 0 Å². The minimum Gasteiger partial charge on any atom is -0.309 e. The Hall–Kier alpha value is -8.82. The molecule has 0 saturated carbocycles. The third-order valence-electron chi connectivity index (χ3n) is 14.1. The van der Waals surface area contributed by atoms with Crippen LogP contribution < -0.4 is 0 Å². The lowest BCUT2D eigenvalue weighted by atomic mass is 9.89. The summed E-state index contributed by atoms with van der Waals surface area (Å²) in [6, 6.07) is 22.5. The molecule has 0 saturated heterocycles. The Morgan fingerprint density at radius 2 is 0.573 bits per heavy atom. The second kappa shape index (κ2) is 18.9. The fourth-order valence-electron chi connectivity index (χ4n) is 10.8. The first-order valence-corrected chi connectivity index (χ1v) is 24.2. The van der Waals surface area contributed by atoms with Gasteiger partial charge in [-0.3, -0.25) is 9.97 Å². The quantitative estimate of drug-likeness (QED) is 0.156. The molecule has 7 aromatic carbocycles. The molecule has 22 heteroatoms. The molecule has 0 aliphatic rings. The van der Waals surface area contributed by atoms with Crippen molar-refractivity contribution in [1.82, 2.24) is 19.1 Å². The molecule has 418 valence electrons. The summed E-state index contributed by atoms with van der Waals surface area (Å²) in [5.74, 6) is 0. The van der Waals surface area contributed by atoms with Gasteiger partial charge in [0.05, 0.1) is 55.4 Å². The normalized spacial score (nSPS) is 13.1. The Kier molecular flexibility index (Phi) is 12.7. The summed E-state index contributed by atoms with van der Waals surface area (Å²) in [6.07, 6.45) is -26.0. The fourth-order valence-corrected chi connectivity index (χ4v) is 10.8. The number of alkyl halides is 18. The first-order valence-electron chi connectivity index (χ1n) is 24.2. The van der Waals surface area contributed by atoms with Gasteiger partial charge < -0.3 is 9.13 Å². The van der Waals surface area contributed by atoms with Gasteiger partial charge in [-0.1, -0.05) is 36.4 Å². The number of aryl methyl sites for hydroxylation is 2. The molecule has 0 aliphatic carbocycles. The van der Waals surface area contributed by atoms with Crippen LogP contribution in [0.15, 0.2) is 158 Å². The number of aromatic nitrogens is 4. The van der Waals surface area contributed by atoms with Crippen molar-refractivity contribution in [2.75, 3.05) is 0 Å². The van der Waals surface area contributed by atoms with Gasteiger partial charge in [-0.15, -0.1) is 0 Å². The maximum Gasteiger partial charge on any atom is 0.417 e. The van der Waals surface area contributed by atoms with Gasteiger partial charge in [0.15, 0.2) is 0 Å². The SMILES string of the molecule is Cc1cc(C(F)(F)F)c(-c2ccc(-n3c4ccncc4c4cc(-c5cc(C(F)(F)F)c(-c6ccc7c(c6)c6cnccc6n7-c6ccc(-c7c(C(F)(F)F)cc(C)cc7C(F)(F)F)cc6)cc5C(F)(F)F)ccc43)cc2)c(C(F)(F)F)c1. The van der Waals surface area contributed by atoms with Crippen molar-refractivity contribution in [3.05, 3.63) is 203 Å². The number of pyridine rings is 2. The lowest BCUT2D eigenvalue weighted by Gasteiger charge is -2.21. The lowest BCUT2D eigenvalue weighted by molar-refractivity contribution is -0.143. The number of nitrogens with zero attached hydrogens (tertiary/aromatic N) is 4. The third-order valence-corrected chi connectivity index (χ3v) is 14.1. The molecule has 0 atom stereocenters. The minimum absolute atomic E-state index is 0.157. The highest BCUT2D eigenvalue weighted by Crippen LogP contribution is 2.51. The summed E-state index contributed by atoms with van der Waals surface area (Å²) in [4.78, 5) is 8.23. The summed E-state index contributed by atoms with van der Waals surface area (Å²) in [6.45, 7) is 2.18. The van der Waals surface area contributed by atoms with Crippen LogP contribution in [0.5, 0.6) is 0 Å². The highest BCUT2D eigenvalue weighted by molar-refractivity contribution is 6.11. The molecule has 4 heterocycles. The topological polar surface area (TPSA) is 35.6 Å². The molecule has 0 aliphatic heterocycles. The predicted molar refractivity (Wildman–Crippen MR) is 272 cm³/mol. The van der Waals surface area contributed by atoms with E-state index in [-0.39, 0.29) is 66.2 Å². The number of rotatable bonds is 6. The van der Waals surface area contributed by atoms with Gasteiger partial charge in [0, 0.05) is 68.8 Å². The molecule has 0 fully saturated rings. The molecule has 0 amide bonds. The van der Waals surface area contributed by atoms with Crippen molar-refractivity contribution in [1.29, 1.82) is 0 Å². The van der Waals surface area contributed by atoms with Gasteiger partial charge in [0.1, 0.15) is 0 Å². The zero-order valence-electron chi connectivity index (χ0n) is 41.6. The summed E-state index contributed by atoms with van der Waals surface area (Å²) in [5.41, 5.74) is -13.8. The van der Waals surface area contributed by atoms with E-state index in [1.807, 2.05) is 0 Å². The molecule has 4 nitrogen and oxygen atoms in total. The lowest BCUT2D eigenvalue weighted by Crippen LogP contribution is -2.15. The summed E-state index contributed by atoms with van der Waals surface area (Å²) >= 11 is 0.